The Bertz CT molecular complexity index is 501. The van der Waals surface area contributed by atoms with Crippen molar-refractivity contribution < 1.29 is 4.79 Å². The lowest BCUT2D eigenvalue weighted by molar-refractivity contribution is 0.0733. The summed E-state index contributed by atoms with van der Waals surface area (Å²) in [6, 6.07) is 6.45. The number of hydrogen-bond donors (Lipinski definition) is 1. The molecule has 0 bridgehead atoms. The van der Waals surface area contributed by atoms with Gasteiger partial charge in [0.2, 0.25) is 0 Å². The molecule has 4 heteroatoms. The van der Waals surface area contributed by atoms with Crippen LogP contribution in [0, 0.1) is 12.8 Å². The molecule has 3 nitrogen and oxygen atoms in total. The van der Waals surface area contributed by atoms with Crippen molar-refractivity contribution in [3.8, 4) is 0 Å². The van der Waals surface area contributed by atoms with Gasteiger partial charge in [0.1, 0.15) is 0 Å². The molecule has 1 heterocycles. The van der Waals surface area contributed by atoms with Crippen LogP contribution in [0.4, 0.5) is 0 Å². The number of carbonyl (C=O) groups excluding carboxylic acids is 1. The Balaban J connectivity index is 1.74. The van der Waals surface area contributed by atoms with Crippen molar-refractivity contribution in [2.75, 3.05) is 19.6 Å². The molecule has 0 radical (unpaired) electrons. The number of nitrogens with zero attached hydrogens (tertiary/aromatic N) is 1. The zero-order valence-electron chi connectivity index (χ0n) is 12.6. The van der Waals surface area contributed by atoms with Gasteiger partial charge < -0.3 is 10.2 Å². The van der Waals surface area contributed by atoms with Crippen LogP contribution < -0.4 is 5.32 Å². The highest BCUT2D eigenvalue weighted by Gasteiger charge is 2.29. The fourth-order valence-corrected chi connectivity index (χ4v) is 3.68. The van der Waals surface area contributed by atoms with Crippen molar-refractivity contribution in [1.82, 2.24) is 10.2 Å². The summed E-state index contributed by atoms with van der Waals surface area (Å²) in [7, 11) is 0. The minimum atomic E-state index is 0.181. The molecule has 1 aromatic rings. The number of nitrogens with one attached hydrogen (secondary N) is 1. The van der Waals surface area contributed by atoms with Crippen LogP contribution >= 0.6 is 15.9 Å². The predicted octanol–water partition coefficient (Wildman–Crippen LogP) is 3.36. The van der Waals surface area contributed by atoms with Crippen LogP contribution in [0.15, 0.2) is 22.7 Å². The van der Waals surface area contributed by atoms with E-state index < -0.39 is 0 Å². The van der Waals surface area contributed by atoms with Crippen LogP contribution in [-0.4, -0.2) is 36.5 Å². The Hall–Kier alpha value is -0.870. The molecule has 0 aromatic heterocycles. The largest absolute Gasteiger partial charge is 0.337 e. The molecule has 2 fully saturated rings. The quantitative estimate of drug-likeness (QED) is 0.882. The minimum absolute atomic E-state index is 0.181. The number of rotatable bonds is 5. The van der Waals surface area contributed by atoms with Gasteiger partial charge in [-0.3, -0.25) is 4.79 Å². The van der Waals surface area contributed by atoms with Crippen LogP contribution in [0.25, 0.3) is 0 Å². The van der Waals surface area contributed by atoms with Gasteiger partial charge >= 0.3 is 0 Å². The van der Waals surface area contributed by atoms with Crippen molar-refractivity contribution in [1.29, 1.82) is 0 Å². The Morgan fingerprint density at radius 1 is 1.29 bits per heavy atom. The van der Waals surface area contributed by atoms with E-state index in [1.54, 1.807) is 0 Å². The van der Waals surface area contributed by atoms with Gasteiger partial charge in [-0.1, -0.05) is 15.9 Å². The summed E-state index contributed by atoms with van der Waals surface area (Å²) in [5, 5.41) is 3.51. The first-order valence-corrected chi connectivity index (χ1v) is 8.71. The van der Waals surface area contributed by atoms with E-state index in [4.69, 9.17) is 0 Å². The Morgan fingerprint density at radius 2 is 2.10 bits per heavy atom. The van der Waals surface area contributed by atoms with Crippen molar-refractivity contribution in [3.63, 3.8) is 0 Å². The van der Waals surface area contributed by atoms with Gasteiger partial charge in [-0.05, 0) is 68.8 Å². The molecule has 1 saturated heterocycles. The average molecular weight is 351 g/mol. The lowest BCUT2D eigenvalue weighted by atomic mass is 10.1. The standard InChI is InChI=1S/C17H23BrN2O/c1-12-7-14(9-15(18)8-12)17(21)20(10-13-4-5-13)11-16-3-2-6-19-16/h7-9,13,16,19H,2-6,10-11H2,1H3. The fraction of sp³-hybridized carbons (Fsp3) is 0.588. The van der Waals surface area contributed by atoms with Gasteiger partial charge in [0.05, 0.1) is 0 Å². The maximum absolute atomic E-state index is 12.9. The molecule has 21 heavy (non-hydrogen) atoms. The second kappa shape index (κ2) is 6.49. The van der Waals surface area contributed by atoms with E-state index >= 15 is 0 Å². The molecule has 1 saturated carbocycles. The van der Waals surface area contributed by atoms with E-state index in [0.717, 1.165) is 41.2 Å². The third-order valence-electron chi connectivity index (χ3n) is 4.35. The van der Waals surface area contributed by atoms with Crippen LogP contribution in [0.1, 0.15) is 41.6 Å². The van der Waals surface area contributed by atoms with Gasteiger partial charge in [-0.15, -0.1) is 0 Å². The molecule has 1 N–H and O–H groups in total. The summed E-state index contributed by atoms with van der Waals surface area (Å²) in [5.41, 5.74) is 1.93. The third kappa shape index (κ3) is 4.07. The molecule has 1 aliphatic heterocycles. The van der Waals surface area contributed by atoms with Crippen molar-refractivity contribution in [2.45, 2.75) is 38.6 Å². The highest BCUT2D eigenvalue weighted by Crippen LogP contribution is 2.30. The van der Waals surface area contributed by atoms with E-state index in [0.29, 0.717) is 6.04 Å². The minimum Gasteiger partial charge on any atom is -0.337 e. The normalized spacial score (nSPS) is 21.5. The molecule has 1 unspecified atom stereocenters. The summed E-state index contributed by atoms with van der Waals surface area (Å²) in [6.45, 7) is 4.89. The summed E-state index contributed by atoms with van der Waals surface area (Å²) in [4.78, 5) is 14.9. The van der Waals surface area contributed by atoms with Crippen LogP contribution in [0.2, 0.25) is 0 Å². The topological polar surface area (TPSA) is 32.3 Å². The van der Waals surface area contributed by atoms with E-state index in [1.165, 1.54) is 25.7 Å². The molecule has 1 amide bonds. The molecule has 0 spiro atoms. The number of amides is 1. The molecular formula is C17H23BrN2O. The maximum Gasteiger partial charge on any atom is 0.253 e. The maximum atomic E-state index is 12.9. The van der Waals surface area contributed by atoms with Gasteiger partial charge in [0, 0.05) is 29.2 Å². The van der Waals surface area contributed by atoms with E-state index in [2.05, 4.69) is 26.1 Å². The number of aryl methyl sites for hydroxylation is 1. The Kier molecular flexibility index (Phi) is 4.65. The monoisotopic (exact) mass is 350 g/mol. The summed E-state index contributed by atoms with van der Waals surface area (Å²) in [5.74, 6) is 0.906. The number of halogens is 1. The SMILES string of the molecule is Cc1cc(Br)cc(C(=O)N(CC2CC2)CC2CCCN2)c1. The van der Waals surface area contributed by atoms with Gasteiger partial charge in [-0.25, -0.2) is 0 Å². The van der Waals surface area contributed by atoms with E-state index in [-0.39, 0.29) is 5.91 Å². The number of hydrogen-bond acceptors (Lipinski definition) is 2. The Labute approximate surface area is 135 Å². The predicted molar refractivity (Wildman–Crippen MR) is 88.5 cm³/mol. The second-order valence-corrected chi connectivity index (χ2v) is 7.38. The van der Waals surface area contributed by atoms with Crippen LogP contribution in [0.3, 0.4) is 0 Å². The van der Waals surface area contributed by atoms with Gasteiger partial charge in [0.25, 0.3) is 5.91 Å². The number of benzene rings is 1. The van der Waals surface area contributed by atoms with Crippen molar-refractivity contribution >= 4 is 21.8 Å². The van der Waals surface area contributed by atoms with Crippen LogP contribution in [0.5, 0.6) is 0 Å². The van der Waals surface area contributed by atoms with Gasteiger partial charge in [0.15, 0.2) is 0 Å². The summed E-state index contributed by atoms with van der Waals surface area (Å²) >= 11 is 3.50. The second-order valence-electron chi connectivity index (χ2n) is 6.46. The average Bonchev–Trinajstić information content (AvgIpc) is 3.10. The van der Waals surface area contributed by atoms with E-state index in [1.807, 2.05) is 25.1 Å². The molecule has 2 aliphatic rings. The highest BCUT2D eigenvalue weighted by molar-refractivity contribution is 9.10. The van der Waals surface area contributed by atoms with Gasteiger partial charge in [-0.2, -0.15) is 0 Å². The first kappa shape index (κ1) is 15.0. The third-order valence-corrected chi connectivity index (χ3v) is 4.81. The van der Waals surface area contributed by atoms with Crippen molar-refractivity contribution in [2.24, 2.45) is 5.92 Å². The zero-order valence-corrected chi connectivity index (χ0v) is 14.2. The van der Waals surface area contributed by atoms with Crippen molar-refractivity contribution in [3.05, 3.63) is 33.8 Å². The highest BCUT2D eigenvalue weighted by atomic mass is 79.9. The zero-order chi connectivity index (χ0) is 14.8. The number of carbonyl (C=O) groups is 1. The molecule has 114 valence electrons. The first-order chi connectivity index (χ1) is 10.1. The fourth-order valence-electron chi connectivity index (χ4n) is 3.07. The van der Waals surface area contributed by atoms with Crippen LogP contribution in [-0.2, 0) is 0 Å². The molecule has 3 rings (SSSR count). The Morgan fingerprint density at radius 3 is 2.71 bits per heavy atom. The molecule has 1 aliphatic carbocycles. The molecular weight excluding hydrogens is 328 g/mol. The molecule has 1 atom stereocenters. The van der Waals surface area contributed by atoms with E-state index in [9.17, 15) is 4.79 Å². The lowest BCUT2D eigenvalue weighted by Crippen LogP contribution is -2.42. The first-order valence-electron chi connectivity index (χ1n) is 7.91. The lowest BCUT2D eigenvalue weighted by Gasteiger charge is -2.26. The molecule has 1 aromatic carbocycles. The summed E-state index contributed by atoms with van der Waals surface area (Å²) < 4.78 is 0.983. The smallest absolute Gasteiger partial charge is 0.253 e. The summed E-state index contributed by atoms with van der Waals surface area (Å²) in [6.07, 6.45) is 4.97.